The van der Waals surface area contributed by atoms with Crippen molar-refractivity contribution >= 4 is 35.6 Å². The SMILES string of the molecule is CC(C)CC(N)C(=O)NC(CO)C(=O)NC(CCC(=O)O)C(=O)NC(CC(=O)O)C(=O)O. The van der Waals surface area contributed by atoms with Crippen LogP contribution in [0.5, 0.6) is 0 Å². The Balaban J connectivity index is 5.35. The average Bonchev–Trinajstić information content (AvgIpc) is 2.66. The molecular formula is C18H30N4O10. The van der Waals surface area contributed by atoms with Crippen molar-refractivity contribution in [3.63, 3.8) is 0 Å². The van der Waals surface area contributed by atoms with Crippen LogP contribution in [-0.4, -0.2) is 86.8 Å². The van der Waals surface area contributed by atoms with Gasteiger partial charge in [0.1, 0.15) is 18.1 Å². The minimum atomic E-state index is -1.83. The van der Waals surface area contributed by atoms with Crippen LogP contribution in [0.4, 0.5) is 0 Å². The molecule has 0 bridgehead atoms. The summed E-state index contributed by atoms with van der Waals surface area (Å²) < 4.78 is 0. The quantitative estimate of drug-likeness (QED) is 0.124. The first-order chi connectivity index (χ1) is 14.8. The molecule has 0 aliphatic rings. The summed E-state index contributed by atoms with van der Waals surface area (Å²) in [5.41, 5.74) is 5.72. The Morgan fingerprint density at radius 2 is 1.28 bits per heavy atom. The monoisotopic (exact) mass is 462 g/mol. The van der Waals surface area contributed by atoms with Gasteiger partial charge in [-0.2, -0.15) is 0 Å². The third-order valence-electron chi connectivity index (χ3n) is 4.15. The van der Waals surface area contributed by atoms with Gasteiger partial charge >= 0.3 is 17.9 Å². The van der Waals surface area contributed by atoms with Gasteiger partial charge in [0.25, 0.3) is 0 Å². The fraction of sp³-hybridized carbons (Fsp3) is 0.667. The summed E-state index contributed by atoms with van der Waals surface area (Å²) in [7, 11) is 0. The van der Waals surface area contributed by atoms with E-state index in [2.05, 4.69) is 10.6 Å². The molecule has 0 saturated carbocycles. The summed E-state index contributed by atoms with van der Waals surface area (Å²) in [5.74, 6) is -7.32. The number of carbonyl (C=O) groups excluding carboxylic acids is 3. The van der Waals surface area contributed by atoms with Gasteiger partial charge in [0.05, 0.1) is 19.1 Å². The van der Waals surface area contributed by atoms with Crippen LogP contribution in [0.2, 0.25) is 0 Å². The molecule has 0 heterocycles. The lowest BCUT2D eigenvalue weighted by Crippen LogP contribution is -2.58. The number of carbonyl (C=O) groups is 6. The van der Waals surface area contributed by atoms with E-state index >= 15 is 0 Å². The molecule has 0 aromatic carbocycles. The van der Waals surface area contributed by atoms with E-state index in [1.807, 2.05) is 19.2 Å². The topological polar surface area (TPSA) is 245 Å². The lowest BCUT2D eigenvalue weighted by Gasteiger charge is -2.24. The first-order valence-electron chi connectivity index (χ1n) is 9.72. The Morgan fingerprint density at radius 1 is 0.781 bits per heavy atom. The smallest absolute Gasteiger partial charge is 0.326 e. The molecule has 4 atom stereocenters. The van der Waals surface area contributed by atoms with E-state index in [0.717, 1.165) is 0 Å². The average molecular weight is 462 g/mol. The van der Waals surface area contributed by atoms with Gasteiger partial charge in [0.2, 0.25) is 17.7 Å². The highest BCUT2D eigenvalue weighted by molar-refractivity contribution is 5.94. The van der Waals surface area contributed by atoms with Crippen molar-refractivity contribution in [2.75, 3.05) is 6.61 Å². The van der Waals surface area contributed by atoms with E-state index in [4.69, 9.17) is 21.1 Å². The van der Waals surface area contributed by atoms with Crippen molar-refractivity contribution < 1.29 is 49.2 Å². The highest BCUT2D eigenvalue weighted by Gasteiger charge is 2.31. The molecular weight excluding hydrogens is 432 g/mol. The third kappa shape index (κ3) is 11.2. The molecule has 182 valence electrons. The Kier molecular flexibility index (Phi) is 12.5. The number of aliphatic hydroxyl groups is 1. The summed E-state index contributed by atoms with van der Waals surface area (Å²) in [6, 6.07) is -5.89. The number of amides is 3. The molecule has 0 rings (SSSR count). The predicted octanol–water partition coefficient (Wildman–Crippen LogP) is -2.77. The summed E-state index contributed by atoms with van der Waals surface area (Å²) >= 11 is 0. The molecule has 0 aliphatic heterocycles. The summed E-state index contributed by atoms with van der Waals surface area (Å²) in [5, 5.41) is 42.4. The van der Waals surface area contributed by atoms with E-state index in [1.54, 1.807) is 0 Å². The number of rotatable bonds is 15. The number of hydrogen-bond donors (Lipinski definition) is 8. The van der Waals surface area contributed by atoms with Gasteiger partial charge in [-0.1, -0.05) is 13.8 Å². The molecule has 14 heteroatoms. The molecule has 32 heavy (non-hydrogen) atoms. The number of nitrogens with two attached hydrogens (primary N) is 1. The molecule has 4 unspecified atom stereocenters. The number of carboxylic acid groups (broad SMARTS) is 3. The number of carboxylic acids is 3. The minimum absolute atomic E-state index is 0.0780. The van der Waals surface area contributed by atoms with Crippen LogP contribution in [0.15, 0.2) is 0 Å². The van der Waals surface area contributed by atoms with E-state index in [9.17, 15) is 33.9 Å². The van der Waals surface area contributed by atoms with Crippen molar-refractivity contribution in [3.8, 4) is 0 Å². The zero-order chi connectivity index (χ0) is 25.0. The number of hydrogen-bond acceptors (Lipinski definition) is 8. The van der Waals surface area contributed by atoms with Crippen molar-refractivity contribution in [2.24, 2.45) is 11.7 Å². The largest absolute Gasteiger partial charge is 0.481 e. The molecule has 0 aromatic heterocycles. The number of aliphatic carboxylic acids is 3. The summed E-state index contributed by atoms with van der Waals surface area (Å²) in [6.07, 6.45) is -1.71. The molecule has 0 spiro atoms. The highest BCUT2D eigenvalue weighted by atomic mass is 16.4. The standard InChI is InChI=1S/C18H30N4O10/c1-8(2)5-9(19)15(28)22-12(7-23)17(30)20-10(3-4-13(24)25)16(29)21-11(18(31)32)6-14(26)27/h8-12,23H,3-7,19H2,1-2H3,(H,20,30)(H,21,29)(H,22,28)(H,24,25)(H,26,27)(H,31,32). The maximum Gasteiger partial charge on any atom is 0.326 e. The van der Waals surface area contributed by atoms with Gasteiger partial charge in [-0.15, -0.1) is 0 Å². The van der Waals surface area contributed by atoms with Crippen LogP contribution in [0.1, 0.15) is 39.5 Å². The molecule has 0 fully saturated rings. The third-order valence-corrected chi connectivity index (χ3v) is 4.15. The van der Waals surface area contributed by atoms with Crippen LogP contribution in [-0.2, 0) is 28.8 Å². The molecule has 3 amide bonds. The summed E-state index contributed by atoms with van der Waals surface area (Å²) in [4.78, 5) is 69.7. The predicted molar refractivity (Wildman–Crippen MR) is 107 cm³/mol. The second kappa shape index (κ2) is 13.9. The Hall–Kier alpha value is -3.26. The molecule has 0 aromatic rings. The molecule has 0 aliphatic carbocycles. The van der Waals surface area contributed by atoms with Crippen molar-refractivity contribution in [2.45, 2.75) is 63.7 Å². The van der Waals surface area contributed by atoms with Gasteiger partial charge < -0.3 is 42.1 Å². The van der Waals surface area contributed by atoms with Gasteiger partial charge in [0.15, 0.2) is 0 Å². The van der Waals surface area contributed by atoms with E-state index in [1.165, 1.54) is 0 Å². The molecule has 9 N–H and O–H groups in total. The maximum absolute atomic E-state index is 12.4. The van der Waals surface area contributed by atoms with Gasteiger partial charge in [-0.3, -0.25) is 24.0 Å². The fourth-order valence-electron chi connectivity index (χ4n) is 2.54. The van der Waals surface area contributed by atoms with Gasteiger partial charge in [0, 0.05) is 6.42 Å². The van der Waals surface area contributed by atoms with Gasteiger partial charge in [-0.05, 0) is 18.8 Å². The second-order valence-corrected chi connectivity index (χ2v) is 7.47. The first kappa shape index (κ1) is 28.7. The Labute approximate surface area is 183 Å². The van der Waals surface area contributed by atoms with Crippen LogP contribution >= 0.6 is 0 Å². The molecule has 0 radical (unpaired) electrons. The van der Waals surface area contributed by atoms with Crippen molar-refractivity contribution in [3.05, 3.63) is 0 Å². The zero-order valence-corrected chi connectivity index (χ0v) is 17.7. The minimum Gasteiger partial charge on any atom is -0.481 e. The fourth-order valence-corrected chi connectivity index (χ4v) is 2.54. The van der Waals surface area contributed by atoms with E-state index < -0.39 is 85.7 Å². The summed E-state index contributed by atoms with van der Waals surface area (Å²) in [6.45, 7) is 2.78. The van der Waals surface area contributed by atoms with Crippen molar-refractivity contribution in [1.82, 2.24) is 16.0 Å². The number of aliphatic hydroxyl groups excluding tert-OH is 1. The lowest BCUT2D eigenvalue weighted by molar-refractivity contribution is -0.147. The van der Waals surface area contributed by atoms with Gasteiger partial charge in [-0.25, -0.2) is 4.79 Å². The molecule has 14 nitrogen and oxygen atoms in total. The van der Waals surface area contributed by atoms with E-state index in [-0.39, 0.29) is 5.92 Å². The normalized spacial score (nSPS) is 14.5. The Morgan fingerprint density at radius 3 is 1.72 bits per heavy atom. The lowest BCUT2D eigenvalue weighted by atomic mass is 10.0. The zero-order valence-electron chi connectivity index (χ0n) is 17.7. The number of nitrogens with one attached hydrogen (secondary N) is 3. The van der Waals surface area contributed by atoms with Crippen LogP contribution in [0.3, 0.4) is 0 Å². The van der Waals surface area contributed by atoms with Crippen LogP contribution in [0, 0.1) is 5.92 Å². The Bertz CT molecular complexity index is 712. The van der Waals surface area contributed by atoms with E-state index in [0.29, 0.717) is 6.42 Å². The molecule has 0 saturated heterocycles. The van der Waals surface area contributed by atoms with Crippen LogP contribution < -0.4 is 21.7 Å². The second-order valence-electron chi connectivity index (χ2n) is 7.47. The highest BCUT2D eigenvalue weighted by Crippen LogP contribution is 2.04. The van der Waals surface area contributed by atoms with Crippen LogP contribution in [0.25, 0.3) is 0 Å². The first-order valence-corrected chi connectivity index (χ1v) is 9.72. The maximum atomic E-state index is 12.4. The van der Waals surface area contributed by atoms with Crippen molar-refractivity contribution in [1.29, 1.82) is 0 Å².